The number of hydrogen-bond acceptors (Lipinski definition) is 2. The van der Waals surface area contributed by atoms with Gasteiger partial charge >= 0.3 is 0 Å². The van der Waals surface area contributed by atoms with Crippen LogP contribution in [-0.2, 0) is 9.22 Å². The zero-order valence-electron chi connectivity index (χ0n) is 14.8. The number of carbonyl (C=O) groups excluding carboxylic acids is 1. The average Bonchev–Trinajstić information content (AvgIpc) is 2.25. The molecule has 2 nitrogen and oxygen atoms in total. The Hall–Kier alpha value is -0.153. The maximum absolute atomic E-state index is 11.5. The molecular weight excluding hydrogens is 264 g/mol. The summed E-state index contributed by atoms with van der Waals surface area (Å²) in [6.07, 6.45) is 8.11. The Morgan fingerprint density at radius 1 is 1.10 bits per heavy atom. The van der Waals surface area contributed by atoms with Gasteiger partial charge in [0.2, 0.25) is 0 Å². The van der Waals surface area contributed by atoms with Crippen LogP contribution in [0.3, 0.4) is 0 Å². The molecule has 0 amide bonds. The molecule has 0 rings (SSSR count). The van der Waals surface area contributed by atoms with Gasteiger partial charge in [-0.05, 0) is 31.5 Å². The molecule has 0 saturated heterocycles. The van der Waals surface area contributed by atoms with Crippen molar-refractivity contribution in [3.63, 3.8) is 0 Å². The largest absolute Gasteiger partial charge is 0.413 e. The summed E-state index contributed by atoms with van der Waals surface area (Å²) in [6.45, 7) is 15.2. The van der Waals surface area contributed by atoms with Crippen LogP contribution in [0.25, 0.3) is 0 Å². The molecule has 0 unspecified atom stereocenters. The quantitative estimate of drug-likeness (QED) is 0.381. The van der Waals surface area contributed by atoms with Crippen molar-refractivity contribution in [2.75, 3.05) is 0 Å². The lowest BCUT2D eigenvalue weighted by Gasteiger charge is -2.39. The molecule has 0 fully saturated rings. The highest BCUT2D eigenvalue weighted by molar-refractivity contribution is 6.74. The van der Waals surface area contributed by atoms with Gasteiger partial charge in [-0.25, -0.2) is 0 Å². The molecule has 0 saturated carbocycles. The molecule has 0 heterocycles. The summed E-state index contributed by atoms with van der Waals surface area (Å²) in [6, 6.07) is 0. The first kappa shape index (κ1) is 19.8. The highest BCUT2D eigenvalue weighted by Gasteiger charge is 2.39. The Morgan fingerprint density at radius 3 is 2.10 bits per heavy atom. The SMILES string of the molecule is CCCCCCC[C@H](CC(C)=O)O[Si](C)(C)C(C)(C)C. The summed E-state index contributed by atoms with van der Waals surface area (Å²) in [7, 11) is -1.76. The van der Waals surface area contributed by atoms with Crippen LogP contribution in [-0.4, -0.2) is 20.2 Å². The van der Waals surface area contributed by atoms with E-state index >= 15 is 0 Å². The molecule has 0 aliphatic carbocycles. The van der Waals surface area contributed by atoms with E-state index in [0.29, 0.717) is 6.42 Å². The summed E-state index contributed by atoms with van der Waals surface area (Å²) in [4.78, 5) is 11.5. The normalized spacial score (nSPS) is 14.3. The van der Waals surface area contributed by atoms with E-state index < -0.39 is 8.32 Å². The van der Waals surface area contributed by atoms with Gasteiger partial charge in [0.25, 0.3) is 0 Å². The number of Topliss-reactive ketones (excluding diaryl/α,β-unsaturated/α-hetero) is 1. The fraction of sp³-hybridized carbons (Fsp3) is 0.941. The van der Waals surface area contributed by atoms with Crippen LogP contribution < -0.4 is 0 Å². The van der Waals surface area contributed by atoms with Crippen molar-refractivity contribution in [1.29, 1.82) is 0 Å². The topological polar surface area (TPSA) is 26.3 Å². The lowest BCUT2D eigenvalue weighted by molar-refractivity contribution is -0.118. The number of hydrogen-bond donors (Lipinski definition) is 0. The molecule has 0 aromatic heterocycles. The smallest absolute Gasteiger partial charge is 0.192 e. The van der Waals surface area contributed by atoms with Crippen LogP contribution in [0.5, 0.6) is 0 Å². The third kappa shape index (κ3) is 8.20. The van der Waals surface area contributed by atoms with Crippen LogP contribution in [0.2, 0.25) is 18.1 Å². The predicted molar refractivity (Wildman–Crippen MR) is 90.7 cm³/mol. The molecule has 1 atom stereocenters. The summed E-state index contributed by atoms with van der Waals surface area (Å²) >= 11 is 0. The van der Waals surface area contributed by atoms with Crippen molar-refractivity contribution in [1.82, 2.24) is 0 Å². The van der Waals surface area contributed by atoms with E-state index in [2.05, 4.69) is 40.8 Å². The fourth-order valence-corrected chi connectivity index (χ4v) is 3.48. The highest BCUT2D eigenvalue weighted by atomic mass is 28.4. The van der Waals surface area contributed by atoms with E-state index in [1.165, 1.54) is 32.1 Å². The molecule has 0 radical (unpaired) electrons. The molecule has 20 heavy (non-hydrogen) atoms. The zero-order valence-corrected chi connectivity index (χ0v) is 15.8. The van der Waals surface area contributed by atoms with Crippen molar-refractivity contribution in [3.05, 3.63) is 0 Å². The maximum Gasteiger partial charge on any atom is 0.192 e. The number of carbonyl (C=O) groups is 1. The van der Waals surface area contributed by atoms with E-state index in [-0.39, 0.29) is 16.9 Å². The van der Waals surface area contributed by atoms with E-state index in [9.17, 15) is 4.79 Å². The Labute approximate surface area is 127 Å². The van der Waals surface area contributed by atoms with Crippen molar-refractivity contribution in [3.8, 4) is 0 Å². The molecular formula is C17H36O2Si. The van der Waals surface area contributed by atoms with Crippen LogP contribution in [0, 0.1) is 0 Å². The van der Waals surface area contributed by atoms with E-state index in [0.717, 1.165) is 6.42 Å². The standard InChI is InChI=1S/C17H36O2Si/c1-8-9-10-11-12-13-16(14-15(2)18)19-20(6,7)17(3,4)5/h16H,8-14H2,1-7H3/t16-/m1/s1. The Kier molecular flexibility index (Phi) is 8.92. The van der Waals surface area contributed by atoms with Crippen molar-refractivity contribution in [2.45, 2.75) is 104 Å². The third-order valence-corrected chi connectivity index (χ3v) is 8.95. The lowest BCUT2D eigenvalue weighted by Crippen LogP contribution is -2.44. The van der Waals surface area contributed by atoms with Crippen molar-refractivity contribution < 1.29 is 9.22 Å². The number of ketones is 1. The summed E-state index contributed by atoms with van der Waals surface area (Å²) in [5.74, 6) is 0.252. The molecule has 3 heteroatoms. The number of unbranched alkanes of at least 4 members (excludes halogenated alkanes) is 4. The Morgan fingerprint density at radius 2 is 1.65 bits per heavy atom. The van der Waals surface area contributed by atoms with Crippen LogP contribution in [0.4, 0.5) is 0 Å². The highest BCUT2D eigenvalue weighted by Crippen LogP contribution is 2.38. The minimum Gasteiger partial charge on any atom is -0.413 e. The monoisotopic (exact) mass is 300 g/mol. The molecule has 0 spiro atoms. The molecule has 0 aromatic rings. The third-order valence-electron chi connectivity index (χ3n) is 4.41. The van der Waals surface area contributed by atoms with Crippen molar-refractivity contribution >= 4 is 14.1 Å². The Bertz CT molecular complexity index is 279. The van der Waals surface area contributed by atoms with Crippen LogP contribution in [0.15, 0.2) is 0 Å². The van der Waals surface area contributed by atoms with Gasteiger partial charge in [0.15, 0.2) is 8.32 Å². The van der Waals surface area contributed by atoms with E-state index in [1.54, 1.807) is 6.92 Å². The second-order valence-corrected chi connectivity index (χ2v) is 12.4. The minimum atomic E-state index is -1.76. The molecule has 120 valence electrons. The van der Waals surface area contributed by atoms with Gasteiger partial charge in [-0.1, -0.05) is 59.8 Å². The van der Waals surface area contributed by atoms with Gasteiger partial charge in [-0.15, -0.1) is 0 Å². The second-order valence-electron chi connectivity index (χ2n) is 7.61. The Balaban J connectivity index is 4.38. The maximum atomic E-state index is 11.5. The van der Waals surface area contributed by atoms with Crippen molar-refractivity contribution in [2.24, 2.45) is 0 Å². The summed E-state index contributed by atoms with van der Waals surface area (Å²) in [5.41, 5.74) is 0. The first-order valence-electron chi connectivity index (χ1n) is 8.27. The van der Waals surface area contributed by atoms with E-state index in [1.807, 2.05) is 0 Å². The molecule has 0 aliphatic heterocycles. The molecule has 0 N–H and O–H groups in total. The van der Waals surface area contributed by atoms with Gasteiger partial charge in [-0.2, -0.15) is 0 Å². The fourth-order valence-electron chi connectivity index (χ4n) is 2.09. The van der Waals surface area contributed by atoms with E-state index in [4.69, 9.17) is 4.43 Å². The van der Waals surface area contributed by atoms with Gasteiger partial charge in [0.05, 0.1) is 6.10 Å². The molecule has 0 bridgehead atoms. The summed E-state index contributed by atoms with van der Waals surface area (Å²) < 4.78 is 6.44. The first-order valence-corrected chi connectivity index (χ1v) is 11.2. The molecule has 0 aliphatic rings. The predicted octanol–water partition coefficient (Wildman–Crippen LogP) is 5.72. The lowest BCUT2D eigenvalue weighted by atomic mass is 10.1. The van der Waals surface area contributed by atoms with Crippen LogP contribution >= 0.6 is 0 Å². The first-order chi connectivity index (χ1) is 9.10. The van der Waals surface area contributed by atoms with Gasteiger partial charge in [0, 0.05) is 6.42 Å². The second kappa shape index (κ2) is 8.99. The minimum absolute atomic E-state index is 0.134. The van der Waals surface area contributed by atoms with Gasteiger partial charge in [-0.3, -0.25) is 4.79 Å². The zero-order chi connectivity index (χ0) is 15.8. The van der Waals surface area contributed by atoms with Gasteiger partial charge in [0.1, 0.15) is 5.78 Å². The molecule has 0 aromatic carbocycles. The number of rotatable bonds is 10. The average molecular weight is 301 g/mol. The van der Waals surface area contributed by atoms with Gasteiger partial charge < -0.3 is 4.43 Å². The van der Waals surface area contributed by atoms with Crippen LogP contribution in [0.1, 0.15) is 79.6 Å². The summed E-state index contributed by atoms with van der Waals surface area (Å²) in [5, 5.41) is 0.213.